The second-order valence-electron chi connectivity index (χ2n) is 6.96. The number of aryl methyl sites for hydroxylation is 2. The van der Waals surface area contributed by atoms with Crippen molar-refractivity contribution in [1.82, 2.24) is 14.9 Å². The molecule has 0 radical (unpaired) electrons. The molecule has 0 aromatic carbocycles. The highest BCUT2D eigenvalue weighted by atomic mass is 16.5. The van der Waals surface area contributed by atoms with E-state index in [9.17, 15) is 4.79 Å². The lowest BCUT2D eigenvalue weighted by atomic mass is 10.1. The van der Waals surface area contributed by atoms with Gasteiger partial charge in [-0.25, -0.2) is 9.97 Å². The van der Waals surface area contributed by atoms with E-state index in [0.717, 1.165) is 55.0 Å². The number of ether oxygens (including phenoxy) is 1. The van der Waals surface area contributed by atoms with E-state index in [4.69, 9.17) is 9.72 Å². The smallest absolute Gasteiger partial charge is 0.253 e. The molecule has 4 heterocycles. The average molecular weight is 340 g/mol. The average Bonchev–Trinajstić information content (AvgIpc) is 3.15. The van der Waals surface area contributed by atoms with Gasteiger partial charge in [0, 0.05) is 30.7 Å². The summed E-state index contributed by atoms with van der Waals surface area (Å²) in [5.74, 6) is 0.986. The van der Waals surface area contributed by atoms with Crippen LogP contribution in [0.5, 0.6) is 0 Å². The number of anilines is 1. The summed E-state index contributed by atoms with van der Waals surface area (Å²) in [7, 11) is 0. The van der Waals surface area contributed by atoms with Crippen LogP contribution in [0.2, 0.25) is 0 Å². The molecule has 2 aromatic rings. The number of likely N-dealkylation sites (tertiary alicyclic amines) is 1. The number of morpholine rings is 1. The van der Waals surface area contributed by atoms with E-state index in [0.29, 0.717) is 13.2 Å². The summed E-state index contributed by atoms with van der Waals surface area (Å²) in [6.07, 6.45) is 1.80. The second kappa shape index (κ2) is 6.59. The first-order valence-corrected chi connectivity index (χ1v) is 9.02. The third kappa shape index (κ3) is 3.18. The van der Waals surface area contributed by atoms with E-state index >= 15 is 0 Å². The fourth-order valence-corrected chi connectivity index (χ4v) is 3.75. The molecule has 0 bridgehead atoms. The number of carbonyl (C=O) groups excluding carboxylic acids is 1. The highest BCUT2D eigenvalue weighted by Gasteiger charge is 2.32. The van der Waals surface area contributed by atoms with Gasteiger partial charge in [0.2, 0.25) is 0 Å². The van der Waals surface area contributed by atoms with Crippen LogP contribution >= 0.6 is 0 Å². The Morgan fingerprint density at radius 3 is 2.76 bits per heavy atom. The van der Waals surface area contributed by atoms with Gasteiger partial charge in [-0.2, -0.15) is 0 Å². The quantitative estimate of drug-likeness (QED) is 0.838. The minimum atomic E-state index is -0.392. The Kier molecular flexibility index (Phi) is 4.29. The van der Waals surface area contributed by atoms with Crippen molar-refractivity contribution in [2.75, 3.05) is 37.7 Å². The molecule has 6 heteroatoms. The van der Waals surface area contributed by atoms with Gasteiger partial charge in [0.15, 0.2) is 11.8 Å². The first-order chi connectivity index (χ1) is 12.1. The Bertz CT molecular complexity index is 801. The molecule has 2 fully saturated rings. The van der Waals surface area contributed by atoms with Gasteiger partial charge in [-0.15, -0.1) is 0 Å². The Morgan fingerprint density at radius 1 is 1.16 bits per heavy atom. The molecule has 0 spiro atoms. The van der Waals surface area contributed by atoms with Crippen molar-refractivity contribution >= 4 is 22.8 Å². The van der Waals surface area contributed by atoms with Crippen LogP contribution < -0.4 is 4.90 Å². The molecule has 1 unspecified atom stereocenters. The summed E-state index contributed by atoms with van der Waals surface area (Å²) in [6, 6.07) is 6.17. The molecule has 2 aromatic heterocycles. The number of carbonyl (C=O) groups is 1. The number of amides is 1. The molecule has 6 nitrogen and oxygen atoms in total. The molecular formula is C19H24N4O2. The van der Waals surface area contributed by atoms with Crippen LogP contribution in [0, 0.1) is 13.8 Å². The SMILES string of the molecule is Cc1cc(C)c2ccc(N3CCOC(C(=O)N4CCCC4)C3)nc2n1. The van der Waals surface area contributed by atoms with Gasteiger partial charge in [0.05, 0.1) is 13.2 Å². The van der Waals surface area contributed by atoms with E-state index < -0.39 is 6.10 Å². The fourth-order valence-electron chi connectivity index (χ4n) is 3.75. The first-order valence-electron chi connectivity index (χ1n) is 9.02. The molecule has 2 aliphatic heterocycles. The summed E-state index contributed by atoms with van der Waals surface area (Å²) >= 11 is 0. The van der Waals surface area contributed by atoms with Gasteiger partial charge in [-0.3, -0.25) is 4.79 Å². The molecule has 2 aliphatic rings. The van der Waals surface area contributed by atoms with Crippen LogP contribution in [0.1, 0.15) is 24.1 Å². The third-order valence-corrected chi connectivity index (χ3v) is 5.08. The standard InChI is InChI=1S/C19H24N4O2/c1-13-11-14(2)20-18-15(13)5-6-17(21-18)23-9-10-25-16(12-23)19(24)22-7-3-4-8-22/h5-6,11,16H,3-4,7-10,12H2,1-2H3. The van der Waals surface area contributed by atoms with E-state index in [1.165, 1.54) is 5.56 Å². The van der Waals surface area contributed by atoms with Crippen molar-refractivity contribution in [2.24, 2.45) is 0 Å². The summed E-state index contributed by atoms with van der Waals surface area (Å²) in [5, 5.41) is 1.08. The topological polar surface area (TPSA) is 58.6 Å². The molecular weight excluding hydrogens is 316 g/mol. The zero-order valence-electron chi connectivity index (χ0n) is 14.9. The highest BCUT2D eigenvalue weighted by molar-refractivity contribution is 5.83. The van der Waals surface area contributed by atoms with Gasteiger partial charge in [-0.1, -0.05) is 0 Å². The first kappa shape index (κ1) is 16.3. The number of pyridine rings is 2. The number of rotatable bonds is 2. The number of hydrogen-bond donors (Lipinski definition) is 0. The molecule has 4 rings (SSSR count). The third-order valence-electron chi connectivity index (χ3n) is 5.08. The normalized spacial score (nSPS) is 21.1. The lowest BCUT2D eigenvalue weighted by Gasteiger charge is -2.34. The summed E-state index contributed by atoms with van der Waals surface area (Å²) in [6.45, 7) is 7.62. The second-order valence-corrected chi connectivity index (χ2v) is 6.96. The minimum absolute atomic E-state index is 0.118. The van der Waals surface area contributed by atoms with Crippen molar-refractivity contribution in [3.05, 3.63) is 29.5 Å². The molecule has 25 heavy (non-hydrogen) atoms. The minimum Gasteiger partial charge on any atom is -0.365 e. The van der Waals surface area contributed by atoms with E-state index in [1.54, 1.807) is 0 Å². The number of nitrogens with zero attached hydrogens (tertiary/aromatic N) is 4. The predicted molar refractivity (Wildman–Crippen MR) is 96.8 cm³/mol. The largest absolute Gasteiger partial charge is 0.365 e. The van der Waals surface area contributed by atoms with Crippen molar-refractivity contribution in [3.63, 3.8) is 0 Å². The maximum atomic E-state index is 12.6. The lowest BCUT2D eigenvalue weighted by Crippen LogP contribution is -2.50. The Labute approximate surface area is 147 Å². The summed E-state index contributed by atoms with van der Waals surface area (Å²) in [4.78, 5) is 26.0. The van der Waals surface area contributed by atoms with Crippen molar-refractivity contribution in [2.45, 2.75) is 32.8 Å². The fraction of sp³-hybridized carbons (Fsp3) is 0.526. The van der Waals surface area contributed by atoms with Crippen LogP contribution in [0.3, 0.4) is 0 Å². The van der Waals surface area contributed by atoms with Gasteiger partial charge in [0.1, 0.15) is 5.82 Å². The van der Waals surface area contributed by atoms with Gasteiger partial charge in [0.25, 0.3) is 5.91 Å². The van der Waals surface area contributed by atoms with Crippen LogP contribution in [0.15, 0.2) is 18.2 Å². The molecule has 0 aliphatic carbocycles. The van der Waals surface area contributed by atoms with Crippen LogP contribution in [-0.4, -0.2) is 59.7 Å². The Balaban J connectivity index is 1.56. The van der Waals surface area contributed by atoms with Crippen molar-refractivity contribution < 1.29 is 9.53 Å². The van der Waals surface area contributed by atoms with E-state index in [1.807, 2.05) is 17.9 Å². The molecule has 2 saturated heterocycles. The van der Waals surface area contributed by atoms with Crippen LogP contribution in [0.4, 0.5) is 5.82 Å². The summed E-state index contributed by atoms with van der Waals surface area (Å²) in [5.41, 5.74) is 2.92. The van der Waals surface area contributed by atoms with E-state index in [-0.39, 0.29) is 5.91 Å². The Morgan fingerprint density at radius 2 is 1.96 bits per heavy atom. The van der Waals surface area contributed by atoms with Crippen LogP contribution in [-0.2, 0) is 9.53 Å². The number of hydrogen-bond acceptors (Lipinski definition) is 5. The number of fused-ring (bicyclic) bond motifs is 1. The molecule has 0 saturated carbocycles. The molecule has 1 amide bonds. The zero-order valence-corrected chi connectivity index (χ0v) is 14.9. The molecule has 1 atom stereocenters. The predicted octanol–water partition coefficient (Wildman–Crippen LogP) is 2.07. The van der Waals surface area contributed by atoms with Crippen molar-refractivity contribution in [3.8, 4) is 0 Å². The van der Waals surface area contributed by atoms with Crippen molar-refractivity contribution in [1.29, 1.82) is 0 Å². The number of aromatic nitrogens is 2. The lowest BCUT2D eigenvalue weighted by molar-refractivity contribution is -0.143. The highest BCUT2D eigenvalue weighted by Crippen LogP contribution is 2.23. The monoisotopic (exact) mass is 340 g/mol. The summed E-state index contributed by atoms with van der Waals surface area (Å²) < 4.78 is 5.75. The van der Waals surface area contributed by atoms with E-state index in [2.05, 4.69) is 28.9 Å². The van der Waals surface area contributed by atoms with Gasteiger partial charge in [-0.05, 0) is 50.5 Å². The maximum absolute atomic E-state index is 12.6. The Hall–Kier alpha value is -2.21. The van der Waals surface area contributed by atoms with Crippen LogP contribution in [0.25, 0.3) is 11.0 Å². The van der Waals surface area contributed by atoms with Gasteiger partial charge >= 0.3 is 0 Å². The zero-order chi connectivity index (χ0) is 17.4. The van der Waals surface area contributed by atoms with Gasteiger partial charge < -0.3 is 14.5 Å². The molecule has 0 N–H and O–H groups in total. The maximum Gasteiger partial charge on any atom is 0.253 e. The molecule has 132 valence electrons.